The zero-order valence-electron chi connectivity index (χ0n) is 13.3. The topological polar surface area (TPSA) is 24.5 Å². The maximum Gasteiger partial charge on any atom is 0.0642 e. The normalized spacial score (nSPS) is 30.2. The molecule has 1 saturated heterocycles. The zero-order valence-corrected chi connectivity index (χ0v) is 13.3. The third-order valence-corrected chi connectivity index (χ3v) is 5.21. The second kappa shape index (κ2) is 6.69. The summed E-state index contributed by atoms with van der Waals surface area (Å²) in [5.41, 5.74) is 2.58. The smallest absolute Gasteiger partial charge is 0.0642 e. The zero-order chi connectivity index (χ0) is 14.7. The Morgan fingerprint density at radius 1 is 1.00 bits per heavy atom. The number of ether oxygens (including phenoxy) is 1. The second-order valence-electron chi connectivity index (χ2n) is 6.76. The van der Waals surface area contributed by atoms with Crippen molar-refractivity contribution in [1.29, 1.82) is 0 Å². The molecule has 0 radical (unpaired) electrons. The molecule has 2 fully saturated rings. The lowest BCUT2D eigenvalue weighted by Gasteiger charge is -2.33. The van der Waals surface area contributed by atoms with Crippen molar-refractivity contribution in [3.8, 4) is 0 Å². The van der Waals surface area contributed by atoms with Crippen molar-refractivity contribution in [2.75, 3.05) is 36.5 Å². The Bertz CT molecular complexity index is 439. The molecule has 1 aliphatic carbocycles. The molecule has 1 heterocycles. The van der Waals surface area contributed by atoms with E-state index in [0.29, 0.717) is 6.04 Å². The van der Waals surface area contributed by atoms with Gasteiger partial charge in [0.1, 0.15) is 0 Å². The lowest BCUT2D eigenvalue weighted by molar-refractivity contribution is 0.122. The van der Waals surface area contributed by atoms with E-state index in [1.807, 2.05) is 0 Å². The molecule has 21 heavy (non-hydrogen) atoms. The Labute approximate surface area is 128 Å². The summed E-state index contributed by atoms with van der Waals surface area (Å²) in [6.07, 6.45) is 3.95. The molecule has 2 aliphatic rings. The molecule has 0 spiro atoms. The molecule has 3 heteroatoms. The number of hydrogen-bond donors (Lipinski definition) is 1. The van der Waals surface area contributed by atoms with Crippen LogP contribution in [0.2, 0.25) is 0 Å². The first-order valence-electron chi connectivity index (χ1n) is 8.41. The van der Waals surface area contributed by atoms with E-state index in [1.165, 1.54) is 30.6 Å². The molecule has 1 aromatic rings. The highest BCUT2D eigenvalue weighted by atomic mass is 16.5. The maximum atomic E-state index is 5.41. The van der Waals surface area contributed by atoms with Crippen molar-refractivity contribution in [3.63, 3.8) is 0 Å². The third kappa shape index (κ3) is 3.70. The van der Waals surface area contributed by atoms with Gasteiger partial charge in [-0.15, -0.1) is 0 Å². The summed E-state index contributed by atoms with van der Waals surface area (Å²) in [6.45, 7) is 8.48. The fourth-order valence-electron chi connectivity index (χ4n) is 3.50. The maximum absolute atomic E-state index is 5.41. The van der Waals surface area contributed by atoms with E-state index in [2.05, 4.69) is 48.3 Å². The Hall–Kier alpha value is -1.22. The molecule has 0 bridgehead atoms. The van der Waals surface area contributed by atoms with Crippen molar-refractivity contribution in [1.82, 2.24) is 0 Å². The van der Waals surface area contributed by atoms with E-state index in [0.717, 1.165) is 38.1 Å². The van der Waals surface area contributed by atoms with Crippen LogP contribution in [0.5, 0.6) is 0 Å². The molecular weight excluding hydrogens is 260 g/mol. The molecule has 3 rings (SSSR count). The number of rotatable bonds is 3. The van der Waals surface area contributed by atoms with Gasteiger partial charge in [0.2, 0.25) is 0 Å². The lowest BCUT2D eigenvalue weighted by Crippen LogP contribution is -2.36. The van der Waals surface area contributed by atoms with Gasteiger partial charge in [-0.3, -0.25) is 0 Å². The van der Waals surface area contributed by atoms with Crippen LogP contribution in [0.25, 0.3) is 0 Å². The molecule has 1 aliphatic heterocycles. The summed E-state index contributed by atoms with van der Waals surface area (Å²) in [5, 5.41) is 3.72. The molecule has 1 saturated carbocycles. The van der Waals surface area contributed by atoms with Gasteiger partial charge in [0.05, 0.1) is 13.2 Å². The molecule has 0 amide bonds. The molecule has 1 N–H and O–H groups in total. The summed E-state index contributed by atoms with van der Waals surface area (Å²) in [5.74, 6) is 1.72. The number of anilines is 2. The average Bonchev–Trinajstić information content (AvgIpc) is 2.53. The molecular formula is C18H28N2O. The van der Waals surface area contributed by atoms with E-state index in [1.54, 1.807) is 0 Å². The number of nitrogens with zero attached hydrogens (tertiary/aromatic N) is 1. The molecule has 3 nitrogen and oxygen atoms in total. The standard InChI is InChI=1S/C18H28N2O/c1-14-3-4-17(13-15(14)2)19-16-5-7-18(8-6-16)20-9-11-21-12-10-20/h5-8,14-15,17,19H,3-4,9-13H2,1-2H3. The van der Waals surface area contributed by atoms with Crippen molar-refractivity contribution in [3.05, 3.63) is 24.3 Å². The Kier molecular flexibility index (Phi) is 4.69. The van der Waals surface area contributed by atoms with Crippen LogP contribution in [0.4, 0.5) is 11.4 Å². The van der Waals surface area contributed by atoms with Crippen LogP contribution >= 0.6 is 0 Å². The van der Waals surface area contributed by atoms with Gasteiger partial charge in [-0.25, -0.2) is 0 Å². The number of nitrogens with one attached hydrogen (secondary N) is 1. The first-order valence-corrected chi connectivity index (χ1v) is 8.41. The van der Waals surface area contributed by atoms with Crippen LogP contribution < -0.4 is 10.2 Å². The largest absolute Gasteiger partial charge is 0.382 e. The highest BCUT2D eigenvalue weighted by Gasteiger charge is 2.24. The minimum atomic E-state index is 0.644. The monoisotopic (exact) mass is 288 g/mol. The summed E-state index contributed by atoms with van der Waals surface area (Å²) in [6, 6.07) is 9.58. The fraction of sp³-hybridized carbons (Fsp3) is 0.667. The minimum Gasteiger partial charge on any atom is -0.382 e. The Balaban J connectivity index is 1.57. The summed E-state index contributed by atoms with van der Waals surface area (Å²) < 4.78 is 5.41. The highest BCUT2D eigenvalue weighted by molar-refractivity contribution is 5.55. The molecule has 116 valence electrons. The first-order chi connectivity index (χ1) is 10.2. The molecule has 0 aromatic heterocycles. The Morgan fingerprint density at radius 3 is 2.38 bits per heavy atom. The predicted octanol–water partition coefficient (Wildman–Crippen LogP) is 3.76. The van der Waals surface area contributed by atoms with Crippen LogP contribution in [0.1, 0.15) is 33.1 Å². The first kappa shape index (κ1) is 14.7. The van der Waals surface area contributed by atoms with Gasteiger partial charge < -0.3 is 15.0 Å². The van der Waals surface area contributed by atoms with Gasteiger partial charge in [0, 0.05) is 30.5 Å². The predicted molar refractivity (Wildman–Crippen MR) is 89.1 cm³/mol. The van der Waals surface area contributed by atoms with E-state index in [4.69, 9.17) is 4.74 Å². The van der Waals surface area contributed by atoms with Gasteiger partial charge in [0.15, 0.2) is 0 Å². The number of benzene rings is 1. The van der Waals surface area contributed by atoms with Crippen LogP contribution in [-0.4, -0.2) is 32.3 Å². The summed E-state index contributed by atoms with van der Waals surface area (Å²) in [4.78, 5) is 2.40. The van der Waals surface area contributed by atoms with Crippen molar-refractivity contribution >= 4 is 11.4 Å². The van der Waals surface area contributed by atoms with Crippen LogP contribution in [0.15, 0.2) is 24.3 Å². The van der Waals surface area contributed by atoms with Crippen LogP contribution in [0, 0.1) is 11.8 Å². The molecule has 3 atom stereocenters. The van der Waals surface area contributed by atoms with E-state index in [-0.39, 0.29) is 0 Å². The Morgan fingerprint density at radius 2 is 1.71 bits per heavy atom. The van der Waals surface area contributed by atoms with Crippen molar-refractivity contribution in [2.45, 2.75) is 39.2 Å². The lowest BCUT2D eigenvalue weighted by atomic mass is 9.79. The van der Waals surface area contributed by atoms with E-state index in [9.17, 15) is 0 Å². The van der Waals surface area contributed by atoms with E-state index >= 15 is 0 Å². The van der Waals surface area contributed by atoms with Crippen molar-refractivity contribution in [2.24, 2.45) is 11.8 Å². The number of hydrogen-bond acceptors (Lipinski definition) is 3. The summed E-state index contributed by atoms with van der Waals surface area (Å²) >= 11 is 0. The van der Waals surface area contributed by atoms with Crippen molar-refractivity contribution < 1.29 is 4.74 Å². The van der Waals surface area contributed by atoms with Gasteiger partial charge in [0.25, 0.3) is 0 Å². The summed E-state index contributed by atoms with van der Waals surface area (Å²) in [7, 11) is 0. The van der Waals surface area contributed by atoms with Gasteiger partial charge in [-0.1, -0.05) is 13.8 Å². The van der Waals surface area contributed by atoms with Crippen LogP contribution in [0.3, 0.4) is 0 Å². The van der Waals surface area contributed by atoms with Crippen LogP contribution in [-0.2, 0) is 4.74 Å². The van der Waals surface area contributed by atoms with Gasteiger partial charge in [-0.05, 0) is 55.4 Å². The highest BCUT2D eigenvalue weighted by Crippen LogP contribution is 2.31. The fourth-order valence-corrected chi connectivity index (χ4v) is 3.50. The van der Waals surface area contributed by atoms with Gasteiger partial charge >= 0.3 is 0 Å². The third-order valence-electron chi connectivity index (χ3n) is 5.21. The van der Waals surface area contributed by atoms with Gasteiger partial charge in [-0.2, -0.15) is 0 Å². The average molecular weight is 288 g/mol. The minimum absolute atomic E-state index is 0.644. The second-order valence-corrected chi connectivity index (χ2v) is 6.76. The SMILES string of the molecule is CC1CCC(Nc2ccc(N3CCOCC3)cc2)CC1C. The molecule has 3 unspecified atom stereocenters. The number of morpholine rings is 1. The van der Waals surface area contributed by atoms with E-state index < -0.39 is 0 Å². The molecule has 1 aromatic carbocycles. The quantitative estimate of drug-likeness (QED) is 0.916.